The molecular weight excluding hydrogens is 290 g/mol. The van der Waals surface area contributed by atoms with Gasteiger partial charge in [0, 0.05) is 6.54 Å². The molecule has 23 heavy (non-hydrogen) atoms. The summed E-state index contributed by atoms with van der Waals surface area (Å²) in [6.07, 6.45) is 1.72. The summed E-state index contributed by atoms with van der Waals surface area (Å²) in [5.41, 5.74) is 2.13. The van der Waals surface area contributed by atoms with Crippen LogP contribution >= 0.6 is 0 Å². The van der Waals surface area contributed by atoms with Crippen molar-refractivity contribution in [2.75, 3.05) is 13.7 Å². The molecule has 0 bridgehead atoms. The van der Waals surface area contributed by atoms with Crippen molar-refractivity contribution in [2.24, 2.45) is 0 Å². The van der Waals surface area contributed by atoms with Crippen LogP contribution in [0.3, 0.4) is 0 Å². The molecule has 120 valence electrons. The number of ether oxygens (including phenoxy) is 2. The van der Waals surface area contributed by atoms with Crippen LogP contribution in [-0.4, -0.2) is 24.6 Å². The van der Waals surface area contributed by atoms with E-state index in [-0.39, 0.29) is 12.1 Å². The highest BCUT2D eigenvalue weighted by Gasteiger charge is 2.31. The summed E-state index contributed by atoms with van der Waals surface area (Å²) in [7, 11) is 1.65. The first kappa shape index (κ1) is 15.4. The average Bonchev–Trinajstić information content (AvgIpc) is 3.10. The quantitative estimate of drug-likeness (QED) is 0.850. The first-order valence-corrected chi connectivity index (χ1v) is 7.89. The third-order valence-electron chi connectivity index (χ3n) is 4.19. The van der Waals surface area contributed by atoms with E-state index in [1.54, 1.807) is 7.11 Å². The van der Waals surface area contributed by atoms with Gasteiger partial charge in [-0.15, -0.1) is 0 Å². The third kappa shape index (κ3) is 3.65. The zero-order chi connectivity index (χ0) is 16.1. The van der Waals surface area contributed by atoms with Crippen molar-refractivity contribution < 1.29 is 14.3 Å². The van der Waals surface area contributed by atoms with Crippen LogP contribution in [0.2, 0.25) is 0 Å². The third-order valence-corrected chi connectivity index (χ3v) is 4.19. The molecule has 0 aromatic heterocycles. The van der Waals surface area contributed by atoms with Crippen LogP contribution in [0.5, 0.6) is 5.75 Å². The molecule has 3 rings (SSSR count). The smallest absolute Gasteiger partial charge is 0.410 e. The normalized spacial score (nSPS) is 17.1. The lowest BCUT2D eigenvalue weighted by Gasteiger charge is -2.24. The molecule has 0 unspecified atom stereocenters. The van der Waals surface area contributed by atoms with Crippen LogP contribution in [0.15, 0.2) is 54.6 Å². The van der Waals surface area contributed by atoms with Gasteiger partial charge in [0.25, 0.3) is 0 Å². The van der Waals surface area contributed by atoms with Crippen LogP contribution in [0.1, 0.15) is 30.0 Å². The van der Waals surface area contributed by atoms with Gasteiger partial charge in [0.2, 0.25) is 0 Å². The van der Waals surface area contributed by atoms with Gasteiger partial charge < -0.3 is 14.4 Å². The maximum atomic E-state index is 12.4. The molecule has 0 aliphatic carbocycles. The summed E-state index contributed by atoms with van der Waals surface area (Å²) in [6.45, 7) is 1.05. The predicted octanol–water partition coefficient (Wildman–Crippen LogP) is 4.17. The number of rotatable bonds is 4. The monoisotopic (exact) mass is 311 g/mol. The summed E-state index contributed by atoms with van der Waals surface area (Å²) in [5, 5.41) is 0. The summed E-state index contributed by atoms with van der Waals surface area (Å²) >= 11 is 0. The molecule has 1 heterocycles. The van der Waals surface area contributed by atoms with Crippen molar-refractivity contribution >= 4 is 6.09 Å². The molecule has 1 atom stereocenters. The zero-order valence-corrected chi connectivity index (χ0v) is 13.3. The van der Waals surface area contributed by atoms with Crippen LogP contribution < -0.4 is 4.74 Å². The summed E-state index contributed by atoms with van der Waals surface area (Å²) in [6, 6.07) is 17.7. The second-order valence-electron chi connectivity index (χ2n) is 5.66. The Labute approximate surface area is 136 Å². The number of benzene rings is 2. The SMILES string of the molecule is COc1ccc([C@@H]2CCCN2C(=O)OCc2ccccc2)cc1. The second kappa shape index (κ2) is 7.18. The van der Waals surface area contributed by atoms with Crippen molar-refractivity contribution in [1.82, 2.24) is 4.90 Å². The van der Waals surface area contributed by atoms with E-state index < -0.39 is 0 Å². The van der Waals surface area contributed by atoms with Crippen LogP contribution in [0, 0.1) is 0 Å². The Morgan fingerprint density at radius 1 is 1.13 bits per heavy atom. The molecule has 4 heteroatoms. The highest BCUT2D eigenvalue weighted by molar-refractivity contribution is 5.68. The zero-order valence-electron chi connectivity index (χ0n) is 13.3. The molecule has 0 radical (unpaired) electrons. The Balaban J connectivity index is 1.64. The van der Waals surface area contributed by atoms with E-state index in [1.165, 1.54) is 0 Å². The van der Waals surface area contributed by atoms with E-state index in [4.69, 9.17) is 9.47 Å². The van der Waals surface area contributed by atoms with Gasteiger partial charge in [-0.05, 0) is 36.1 Å². The lowest BCUT2D eigenvalue weighted by Crippen LogP contribution is -2.31. The van der Waals surface area contributed by atoms with Crippen molar-refractivity contribution in [1.29, 1.82) is 0 Å². The van der Waals surface area contributed by atoms with E-state index in [0.29, 0.717) is 6.61 Å². The Morgan fingerprint density at radius 2 is 1.87 bits per heavy atom. The van der Waals surface area contributed by atoms with Crippen molar-refractivity contribution in [2.45, 2.75) is 25.5 Å². The number of carbonyl (C=O) groups is 1. The highest BCUT2D eigenvalue weighted by Crippen LogP contribution is 2.33. The summed E-state index contributed by atoms with van der Waals surface area (Å²) in [4.78, 5) is 14.2. The van der Waals surface area contributed by atoms with Crippen molar-refractivity contribution in [3.63, 3.8) is 0 Å². The van der Waals surface area contributed by atoms with E-state index in [0.717, 1.165) is 36.3 Å². The topological polar surface area (TPSA) is 38.8 Å². The molecule has 1 aliphatic heterocycles. The molecule has 0 N–H and O–H groups in total. The second-order valence-corrected chi connectivity index (χ2v) is 5.66. The standard InChI is InChI=1S/C19H21NO3/c1-22-17-11-9-16(10-12-17)18-8-5-13-20(18)19(21)23-14-15-6-3-2-4-7-15/h2-4,6-7,9-12,18H,5,8,13-14H2,1H3/t18-/m0/s1. The molecule has 1 amide bonds. The van der Waals surface area contributed by atoms with Crippen LogP contribution in [-0.2, 0) is 11.3 Å². The van der Waals surface area contributed by atoms with E-state index in [2.05, 4.69) is 0 Å². The maximum Gasteiger partial charge on any atom is 0.410 e. The van der Waals surface area contributed by atoms with Gasteiger partial charge in [-0.2, -0.15) is 0 Å². The Hall–Kier alpha value is -2.49. The Kier molecular flexibility index (Phi) is 4.81. The molecule has 1 fully saturated rings. The van der Waals surface area contributed by atoms with Gasteiger partial charge in [-0.3, -0.25) is 0 Å². The van der Waals surface area contributed by atoms with Gasteiger partial charge in [-0.1, -0.05) is 42.5 Å². The Bertz CT molecular complexity index is 639. The highest BCUT2D eigenvalue weighted by atomic mass is 16.6. The number of nitrogens with zero attached hydrogens (tertiary/aromatic N) is 1. The number of carbonyl (C=O) groups excluding carboxylic acids is 1. The largest absolute Gasteiger partial charge is 0.497 e. The number of amides is 1. The molecule has 4 nitrogen and oxygen atoms in total. The van der Waals surface area contributed by atoms with Crippen molar-refractivity contribution in [3.8, 4) is 5.75 Å². The number of likely N-dealkylation sites (tertiary alicyclic amines) is 1. The minimum absolute atomic E-state index is 0.0872. The first-order chi connectivity index (χ1) is 11.3. The molecule has 0 saturated carbocycles. The number of hydrogen-bond acceptors (Lipinski definition) is 3. The van der Waals surface area contributed by atoms with E-state index in [1.807, 2.05) is 59.5 Å². The van der Waals surface area contributed by atoms with Crippen LogP contribution in [0.4, 0.5) is 4.79 Å². The van der Waals surface area contributed by atoms with Crippen molar-refractivity contribution in [3.05, 3.63) is 65.7 Å². The van der Waals surface area contributed by atoms with Gasteiger partial charge in [0.1, 0.15) is 12.4 Å². The van der Waals surface area contributed by atoms with Crippen LogP contribution in [0.25, 0.3) is 0 Å². The molecule has 1 aliphatic rings. The first-order valence-electron chi connectivity index (χ1n) is 7.89. The van der Waals surface area contributed by atoms with E-state index >= 15 is 0 Å². The molecule has 1 saturated heterocycles. The fourth-order valence-corrected chi connectivity index (χ4v) is 2.96. The fraction of sp³-hybridized carbons (Fsp3) is 0.316. The lowest BCUT2D eigenvalue weighted by atomic mass is 10.0. The van der Waals surface area contributed by atoms with Gasteiger partial charge in [0.15, 0.2) is 0 Å². The Morgan fingerprint density at radius 3 is 2.57 bits per heavy atom. The summed E-state index contributed by atoms with van der Waals surface area (Å²) < 4.78 is 10.7. The lowest BCUT2D eigenvalue weighted by molar-refractivity contribution is 0.0921. The molecule has 2 aromatic rings. The molecule has 0 spiro atoms. The fourth-order valence-electron chi connectivity index (χ4n) is 2.96. The summed E-state index contributed by atoms with van der Waals surface area (Å²) in [5.74, 6) is 0.824. The van der Waals surface area contributed by atoms with E-state index in [9.17, 15) is 4.79 Å². The average molecular weight is 311 g/mol. The molecular formula is C19H21NO3. The number of methoxy groups -OCH3 is 1. The predicted molar refractivity (Wildman–Crippen MR) is 88.3 cm³/mol. The maximum absolute atomic E-state index is 12.4. The van der Waals surface area contributed by atoms with Gasteiger partial charge >= 0.3 is 6.09 Å². The molecule has 2 aromatic carbocycles. The number of hydrogen-bond donors (Lipinski definition) is 0. The minimum atomic E-state index is -0.243. The van der Waals surface area contributed by atoms with Gasteiger partial charge in [-0.25, -0.2) is 4.79 Å². The minimum Gasteiger partial charge on any atom is -0.497 e. The van der Waals surface area contributed by atoms with Gasteiger partial charge in [0.05, 0.1) is 13.2 Å².